The number of esters is 1. The van der Waals surface area contributed by atoms with Gasteiger partial charge in [-0.3, -0.25) is 9.59 Å². The molecule has 0 aliphatic carbocycles. The molecule has 0 amide bonds. The average molecular weight is 357 g/mol. The topological polar surface area (TPSA) is 43.4 Å². The molecule has 0 radical (unpaired) electrons. The Labute approximate surface area is 127 Å². The van der Waals surface area contributed by atoms with Crippen molar-refractivity contribution in [2.24, 2.45) is 0 Å². The SMILES string of the molecule is COC(=O)Cc1ccc(C(=O)c2cccc(F)c2Br)s1. The fourth-order valence-corrected chi connectivity index (χ4v) is 3.01. The summed E-state index contributed by atoms with van der Waals surface area (Å²) in [6, 6.07) is 7.63. The minimum atomic E-state index is -0.484. The van der Waals surface area contributed by atoms with E-state index in [9.17, 15) is 14.0 Å². The van der Waals surface area contributed by atoms with Gasteiger partial charge in [-0.15, -0.1) is 11.3 Å². The normalized spacial score (nSPS) is 10.3. The molecule has 0 aliphatic heterocycles. The van der Waals surface area contributed by atoms with Crippen LogP contribution in [0.1, 0.15) is 20.1 Å². The van der Waals surface area contributed by atoms with Gasteiger partial charge < -0.3 is 4.74 Å². The number of benzene rings is 1. The van der Waals surface area contributed by atoms with Crippen LogP contribution in [0.15, 0.2) is 34.8 Å². The molecule has 104 valence electrons. The van der Waals surface area contributed by atoms with Crippen molar-refractivity contribution >= 4 is 39.0 Å². The quantitative estimate of drug-likeness (QED) is 0.620. The van der Waals surface area contributed by atoms with E-state index in [-0.39, 0.29) is 28.2 Å². The fraction of sp³-hybridized carbons (Fsp3) is 0.143. The summed E-state index contributed by atoms with van der Waals surface area (Å²) in [5.74, 6) is -1.13. The van der Waals surface area contributed by atoms with Crippen LogP contribution in [0, 0.1) is 5.82 Å². The van der Waals surface area contributed by atoms with Crippen molar-refractivity contribution < 1.29 is 18.7 Å². The lowest BCUT2D eigenvalue weighted by molar-refractivity contribution is -0.139. The maximum atomic E-state index is 13.4. The maximum absolute atomic E-state index is 13.4. The van der Waals surface area contributed by atoms with Crippen LogP contribution in [0.2, 0.25) is 0 Å². The van der Waals surface area contributed by atoms with Crippen LogP contribution in [-0.2, 0) is 16.0 Å². The molecule has 0 N–H and O–H groups in total. The van der Waals surface area contributed by atoms with E-state index in [0.29, 0.717) is 4.88 Å². The molecule has 1 heterocycles. The number of halogens is 2. The van der Waals surface area contributed by atoms with E-state index in [0.717, 1.165) is 4.88 Å². The first-order chi connectivity index (χ1) is 9.52. The van der Waals surface area contributed by atoms with Gasteiger partial charge in [0.25, 0.3) is 0 Å². The first-order valence-electron chi connectivity index (χ1n) is 5.67. The zero-order valence-electron chi connectivity index (χ0n) is 10.5. The summed E-state index contributed by atoms with van der Waals surface area (Å²) in [7, 11) is 1.31. The average Bonchev–Trinajstić information content (AvgIpc) is 2.89. The molecule has 20 heavy (non-hydrogen) atoms. The minimum absolute atomic E-state index is 0.124. The summed E-state index contributed by atoms with van der Waals surface area (Å²) in [6.45, 7) is 0. The molecule has 1 aromatic carbocycles. The van der Waals surface area contributed by atoms with E-state index in [1.807, 2.05) is 0 Å². The number of carbonyl (C=O) groups is 2. The molecule has 2 rings (SSSR count). The Morgan fingerprint density at radius 3 is 2.75 bits per heavy atom. The zero-order chi connectivity index (χ0) is 14.7. The third kappa shape index (κ3) is 3.13. The number of ether oxygens (including phenoxy) is 1. The zero-order valence-corrected chi connectivity index (χ0v) is 12.9. The highest BCUT2D eigenvalue weighted by molar-refractivity contribution is 9.10. The molecular weight excluding hydrogens is 347 g/mol. The molecule has 0 saturated heterocycles. The largest absolute Gasteiger partial charge is 0.469 e. The number of methoxy groups -OCH3 is 1. The van der Waals surface area contributed by atoms with Gasteiger partial charge in [0.2, 0.25) is 5.78 Å². The molecule has 6 heteroatoms. The van der Waals surface area contributed by atoms with E-state index >= 15 is 0 Å². The number of carbonyl (C=O) groups excluding carboxylic acids is 2. The van der Waals surface area contributed by atoms with Crippen LogP contribution in [-0.4, -0.2) is 18.9 Å². The fourth-order valence-electron chi connectivity index (χ4n) is 1.62. The summed E-state index contributed by atoms with van der Waals surface area (Å²) in [6.07, 6.45) is 0.124. The van der Waals surface area contributed by atoms with Crippen molar-refractivity contribution in [1.29, 1.82) is 0 Å². The van der Waals surface area contributed by atoms with Crippen molar-refractivity contribution in [2.45, 2.75) is 6.42 Å². The Morgan fingerprint density at radius 1 is 1.30 bits per heavy atom. The minimum Gasteiger partial charge on any atom is -0.469 e. The molecule has 0 aliphatic rings. The number of thiophene rings is 1. The van der Waals surface area contributed by atoms with E-state index in [2.05, 4.69) is 20.7 Å². The van der Waals surface area contributed by atoms with Gasteiger partial charge in [-0.2, -0.15) is 0 Å². The molecule has 0 unspecified atom stereocenters. The number of hydrogen-bond donors (Lipinski definition) is 0. The van der Waals surface area contributed by atoms with E-state index in [1.165, 1.54) is 30.6 Å². The Morgan fingerprint density at radius 2 is 2.05 bits per heavy atom. The third-order valence-corrected chi connectivity index (χ3v) is 4.52. The van der Waals surface area contributed by atoms with Crippen molar-refractivity contribution in [3.8, 4) is 0 Å². The molecule has 2 aromatic rings. The highest BCUT2D eigenvalue weighted by Crippen LogP contribution is 2.26. The summed E-state index contributed by atoms with van der Waals surface area (Å²) >= 11 is 4.27. The molecular formula is C14H10BrFO3S. The maximum Gasteiger partial charge on any atom is 0.310 e. The smallest absolute Gasteiger partial charge is 0.310 e. The van der Waals surface area contributed by atoms with E-state index in [4.69, 9.17) is 0 Å². The Hall–Kier alpha value is -1.53. The van der Waals surface area contributed by atoms with Crippen LogP contribution in [0.25, 0.3) is 0 Å². The van der Waals surface area contributed by atoms with Gasteiger partial charge in [-0.05, 0) is 40.2 Å². The molecule has 1 aromatic heterocycles. The Balaban J connectivity index is 2.26. The number of rotatable bonds is 4. The molecule has 0 fully saturated rings. The van der Waals surface area contributed by atoms with Gasteiger partial charge >= 0.3 is 5.97 Å². The van der Waals surface area contributed by atoms with Crippen LogP contribution < -0.4 is 0 Å². The lowest BCUT2D eigenvalue weighted by Crippen LogP contribution is -2.03. The van der Waals surface area contributed by atoms with Crippen molar-refractivity contribution in [3.63, 3.8) is 0 Å². The van der Waals surface area contributed by atoms with Crippen LogP contribution in [0.3, 0.4) is 0 Å². The highest BCUT2D eigenvalue weighted by atomic mass is 79.9. The molecule has 3 nitrogen and oxygen atoms in total. The Kier molecular flexibility index (Phi) is 4.67. The van der Waals surface area contributed by atoms with Crippen molar-refractivity contribution in [3.05, 3.63) is 55.9 Å². The second-order valence-corrected chi connectivity index (χ2v) is 5.91. The van der Waals surface area contributed by atoms with E-state index in [1.54, 1.807) is 18.2 Å². The first kappa shape index (κ1) is 14.9. The summed E-state index contributed by atoms with van der Waals surface area (Å²) in [4.78, 5) is 24.6. The third-order valence-electron chi connectivity index (χ3n) is 2.63. The molecule has 0 atom stereocenters. The second kappa shape index (κ2) is 6.28. The van der Waals surface area contributed by atoms with Gasteiger partial charge in [0.15, 0.2) is 0 Å². The monoisotopic (exact) mass is 356 g/mol. The molecule has 0 spiro atoms. The summed E-state index contributed by atoms with van der Waals surface area (Å²) in [5, 5.41) is 0. The van der Waals surface area contributed by atoms with Gasteiger partial charge in [-0.25, -0.2) is 4.39 Å². The lowest BCUT2D eigenvalue weighted by atomic mass is 10.1. The second-order valence-electron chi connectivity index (χ2n) is 3.95. The number of ketones is 1. The molecule has 0 bridgehead atoms. The van der Waals surface area contributed by atoms with Crippen LogP contribution in [0.4, 0.5) is 4.39 Å². The van der Waals surface area contributed by atoms with Gasteiger partial charge in [-0.1, -0.05) is 6.07 Å². The van der Waals surface area contributed by atoms with Crippen LogP contribution in [0.5, 0.6) is 0 Å². The first-order valence-corrected chi connectivity index (χ1v) is 7.28. The van der Waals surface area contributed by atoms with Crippen molar-refractivity contribution in [2.75, 3.05) is 7.11 Å². The Bertz CT molecular complexity index is 666. The van der Waals surface area contributed by atoms with Gasteiger partial charge in [0, 0.05) is 10.4 Å². The lowest BCUT2D eigenvalue weighted by Gasteiger charge is -2.02. The summed E-state index contributed by atoms with van der Waals surface area (Å²) in [5.41, 5.74) is 0.261. The predicted molar refractivity (Wildman–Crippen MR) is 77.6 cm³/mol. The molecule has 0 saturated carbocycles. The van der Waals surface area contributed by atoms with Crippen molar-refractivity contribution in [1.82, 2.24) is 0 Å². The van der Waals surface area contributed by atoms with Gasteiger partial charge in [0.05, 0.1) is 22.9 Å². The number of hydrogen-bond acceptors (Lipinski definition) is 4. The highest BCUT2D eigenvalue weighted by Gasteiger charge is 2.17. The van der Waals surface area contributed by atoms with Gasteiger partial charge in [0.1, 0.15) is 5.82 Å². The van der Waals surface area contributed by atoms with E-state index < -0.39 is 5.82 Å². The predicted octanol–water partition coefficient (Wildman–Crippen LogP) is 3.60. The summed E-state index contributed by atoms with van der Waals surface area (Å²) < 4.78 is 18.1. The van der Waals surface area contributed by atoms with Crippen LogP contribution >= 0.6 is 27.3 Å². The standard InChI is InChI=1S/C14H10BrFO3S/c1-19-12(17)7-8-5-6-11(20-8)14(18)9-3-2-4-10(16)13(9)15/h2-6H,7H2,1H3.